The molecule has 0 aliphatic heterocycles. The number of nitrogens with one attached hydrogen (secondary N) is 1. The van der Waals surface area contributed by atoms with Crippen molar-refractivity contribution >= 4 is 38.9 Å². The van der Waals surface area contributed by atoms with Crippen LogP contribution in [0.3, 0.4) is 0 Å². The molecule has 0 saturated carbocycles. The molecule has 0 radical (unpaired) electrons. The van der Waals surface area contributed by atoms with Gasteiger partial charge in [-0.3, -0.25) is 4.72 Å². The first-order valence-electron chi connectivity index (χ1n) is 5.43. The summed E-state index contributed by atoms with van der Waals surface area (Å²) in [5, 5.41) is 0.636. The molecule has 100 valence electrons. The van der Waals surface area contributed by atoms with Gasteiger partial charge in [-0.2, -0.15) is 0 Å². The van der Waals surface area contributed by atoms with Crippen molar-refractivity contribution in [3.8, 4) is 0 Å². The number of halogens is 2. The Morgan fingerprint density at radius 1 is 1.05 bits per heavy atom. The van der Waals surface area contributed by atoms with Crippen molar-refractivity contribution in [1.29, 1.82) is 0 Å². The lowest BCUT2D eigenvalue weighted by atomic mass is 10.2. The lowest BCUT2D eigenvalue weighted by Crippen LogP contribution is -2.14. The summed E-state index contributed by atoms with van der Waals surface area (Å²) >= 11 is 11.8. The Bertz CT molecular complexity index is 714. The fourth-order valence-electron chi connectivity index (χ4n) is 1.57. The van der Waals surface area contributed by atoms with Gasteiger partial charge < -0.3 is 0 Å². The summed E-state index contributed by atoms with van der Waals surface area (Å²) < 4.78 is 27.0. The van der Waals surface area contributed by atoms with Crippen LogP contribution in [0.2, 0.25) is 10.0 Å². The molecule has 19 heavy (non-hydrogen) atoms. The van der Waals surface area contributed by atoms with Crippen molar-refractivity contribution in [1.82, 2.24) is 0 Å². The average molecular weight is 316 g/mol. The van der Waals surface area contributed by atoms with E-state index >= 15 is 0 Å². The number of aryl methyl sites for hydroxylation is 1. The molecule has 0 aromatic heterocycles. The standard InChI is InChI=1S/C13H11Cl2NO2S/c1-9-6-7-10(14)8-12(9)16-19(17,18)13-5-3-2-4-11(13)15/h2-8,16H,1H3. The molecular formula is C13H11Cl2NO2S. The third-order valence-electron chi connectivity index (χ3n) is 2.57. The van der Waals surface area contributed by atoms with Crippen LogP contribution in [-0.2, 0) is 10.0 Å². The van der Waals surface area contributed by atoms with Crippen LogP contribution in [0, 0.1) is 6.92 Å². The molecule has 2 aromatic carbocycles. The lowest BCUT2D eigenvalue weighted by Gasteiger charge is -2.11. The van der Waals surface area contributed by atoms with Crippen molar-refractivity contribution in [2.75, 3.05) is 4.72 Å². The first-order valence-corrected chi connectivity index (χ1v) is 7.67. The Morgan fingerprint density at radius 2 is 1.74 bits per heavy atom. The maximum Gasteiger partial charge on any atom is 0.263 e. The summed E-state index contributed by atoms with van der Waals surface area (Å²) in [4.78, 5) is 0.0380. The fraction of sp³-hybridized carbons (Fsp3) is 0.0769. The number of hydrogen-bond acceptors (Lipinski definition) is 2. The van der Waals surface area contributed by atoms with Crippen molar-refractivity contribution in [2.24, 2.45) is 0 Å². The van der Waals surface area contributed by atoms with E-state index in [1.54, 1.807) is 37.3 Å². The first-order chi connectivity index (χ1) is 8.90. The predicted molar refractivity (Wildman–Crippen MR) is 78.4 cm³/mol. The predicted octanol–water partition coefficient (Wildman–Crippen LogP) is 4.10. The van der Waals surface area contributed by atoms with Gasteiger partial charge in [-0.05, 0) is 36.8 Å². The summed E-state index contributed by atoms with van der Waals surface area (Å²) in [6.45, 7) is 1.79. The van der Waals surface area contributed by atoms with Crippen LogP contribution in [0.25, 0.3) is 0 Å². The monoisotopic (exact) mass is 315 g/mol. The molecule has 0 saturated heterocycles. The molecule has 0 aliphatic rings. The lowest BCUT2D eigenvalue weighted by molar-refractivity contribution is 0.601. The molecule has 0 atom stereocenters. The number of sulfonamides is 1. The number of hydrogen-bond donors (Lipinski definition) is 1. The molecule has 0 spiro atoms. The van der Waals surface area contributed by atoms with E-state index in [9.17, 15) is 8.42 Å². The topological polar surface area (TPSA) is 46.2 Å². The largest absolute Gasteiger partial charge is 0.279 e. The van der Waals surface area contributed by atoms with Crippen molar-refractivity contribution in [3.05, 3.63) is 58.1 Å². The highest BCUT2D eigenvalue weighted by molar-refractivity contribution is 7.92. The third-order valence-corrected chi connectivity index (χ3v) is 4.67. The Labute approximate surface area is 122 Å². The van der Waals surface area contributed by atoms with Gasteiger partial charge in [0.25, 0.3) is 10.0 Å². The van der Waals surface area contributed by atoms with Crippen LogP contribution in [0.1, 0.15) is 5.56 Å². The third kappa shape index (κ3) is 3.21. The van der Waals surface area contributed by atoms with Gasteiger partial charge in [0.05, 0.1) is 10.7 Å². The summed E-state index contributed by atoms with van der Waals surface area (Å²) in [7, 11) is -3.72. The highest BCUT2D eigenvalue weighted by atomic mass is 35.5. The van der Waals surface area contributed by atoms with Gasteiger partial charge in [0, 0.05) is 5.02 Å². The van der Waals surface area contributed by atoms with E-state index < -0.39 is 10.0 Å². The van der Waals surface area contributed by atoms with E-state index in [1.807, 2.05) is 0 Å². The summed E-state index contributed by atoms with van der Waals surface area (Å²) in [6.07, 6.45) is 0. The zero-order valence-corrected chi connectivity index (χ0v) is 12.4. The molecule has 0 amide bonds. The van der Waals surface area contributed by atoms with E-state index in [1.165, 1.54) is 12.1 Å². The summed E-state index contributed by atoms with van der Waals surface area (Å²) in [5.74, 6) is 0. The second-order valence-corrected chi connectivity index (χ2v) is 6.49. The zero-order chi connectivity index (χ0) is 14.0. The minimum atomic E-state index is -3.72. The SMILES string of the molecule is Cc1ccc(Cl)cc1NS(=O)(=O)c1ccccc1Cl. The molecule has 3 nitrogen and oxygen atoms in total. The van der Waals surface area contributed by atoms with Gasteiger partial charge in [0.1, 0.15) is 4.90 Å². The number of benzene rings is 2. The highest BCUT2D eigenvalue weighted by Crippen LogP contribution is 2.26. The summed E-state index contributed by atoms with van der Waals surface area (Å²) in [6, 6.07) is 11.3. The molecule has 0 fully saturated rings. The normalized spacial score (nSPS) is 11.3. The minimum absolute atomic E-state index is 0.0380. The van der Waals surface area contributed by atoms with Crippen LogP contribution >= 0.6 is 23.2 Å². The second-order valence-electron chi connectivity index (χ2n) is 4.00. The first kappa shape index (κ1) is 14.2. The van der Waals surface area contributed by atoms with Crippen LogP contribution < -0.4 is 4.72 Å². The molecule has 2 rings (SSSR count). The maximum atomic E-state index is 12.2. The molecular weight excluding hydrogens is 305 g/mol. The molecule has 0 bridgehead atoms. The Balaban J connectivity index is 2.43. The van der Waals surface area contributed by atoms with Crippen LogP contribution in [0.4, 0.5) is 5.69 Å². The van der Waals surface area contributed by atoms with Crippen molar-refractivity contribution in [3.63, 3.8) is 0 Å². The molecule has 0 unspecified atom stereocenters. The van der Waals surface area contributed by atoms with Gasteiger partial charge in [-0.25, -0.2) is 8.42 Å². The maximum absolute atomic E-state index is 12.2. The minimum Gasteiger partial charge on any atom is -0.279 e. The summed E-state index contributed by atoms with van der Waals surface area (Å²) in [5.41, 5.74) is 1.22. The van der Waals surface area contributed by atoms with Gasteiger partial charge in [0.15, 0.2) is 0 Å². The van der Waals surface area contributed by atoms with E-state index in [2.05, 4.69) is 4.72 Å². The Kier molecular flexibility index (Phi) is 4.04. The van der Waals surface area contributed by atoms with Gasteiger partial charge in [-0.1, -0.05) is 41.4 Å². The second kappa shape index (κ2) is 5.41. The van der Waals surface area contributed by atoms with Gasteiger partial charge in [0.2, 0.25) is 0 Å². The number of rotatable bonds is 3. The molecule has 2 aromatic rings. The molecule has 0 aliphatic carbocycles. The fourth-order valence-corrected chi connectivity index (χ4v) is 3.38. The molecule has 0 heterocycles. The van der Waals surface area contributed by atoms with E-state index in [-0.39, 0.29) is 9.92 Å². The van der Waals surface area contributed by atoms with E-state index in [0.29, 0.717) is 10.7 Å². The smallest absolute Gasteiger partial charge is 0.263 e. The molecule has 1 N–H and O–H groups in total. The Morgan fingerprint density at radius 3 is 2.42 bits per heavy atom. The van der Waals surface area contributed by atoms with E-state index in [0.717, 1.165) is 5.56 Å². The van der Waals surface area contributed by atoms with Crippen molar-refractivity contribution < 1.29 is 8.42 Å². The highest BCUT2D eigenvalue weighted by Gasteiger charge is 2.18. The zero-order valence-electron chi connectivity index (χ0n) is 10.0. The average Bonchev–Trinajstić information content (AvgIpc) is 2.34. The van der Waals surface area contributed by atoms with E-state index in [4.69, 9.17) is 23.2 Å². The quantitative estimate of drug-likeness (QED) is 0.926. The number of anilines is 1. The molecule has 6 heteroatoms. The van der Waals surface area contributed by atoms with Crippen LogP contribution in [-0.4, -0.2) is 8.42 Å². The van der Waals surface area contributed by atoms with Gasteiger partial charge in [-0.15, -0.1) is 0 Å². The Hall–Kier alpha value is -1.23. The van der Waals surface area contributed by atoms with Crippen LogP contribution in [0.15, 0.2) is 47.4 Å². The van der Waals surface area contributed by atoms with Gasteiger partial charge >= 0.3 is 0 Å². The van der Waals surface area contributed by atoms with Crippen LogP contribution in [0.5, 0.6) is 0 Å². The van der Waals surface area contributed by atoms with Crippen molar-refractivity contribution in [2.45, 2.75) is 11.8 Å².